The van der Waals surface area contributed by atoms with Gasteiger partial charge >= 0.3 is 6.18 Å². The highest BCUT2D eigenvalue weighted by molar-refractivity contribution is 7.99. The molecule has 1 amide bonds. The van der Waals surface area contributed by atoms with E-state index in [4.69, 9.17) is 5.21 Å². The molecule has 1 fully saturated rings. The number of hydrogen-bond acceptors (Lipinski definition) is 6. The van der Waals surface area contributed by atoms with E-state index < -0.39 is 32.2 Å². The van der Waals surface area contributed by atoms with Crippen molar-refractivity contribution in [3.8, 4) is 0 Å². The fourth-order valence-corrected chi connectivity index (χ4v) is 6.10. The largest absolute Gasteiger partial charge is 0.416 e. The number of amides is 1. The lowest BCUT2D eigenvalue weighted by molar-refractivity contribution is -0.137. The van der Waals surface area contributed by atoms with Crippen molar-refractivity contribution in [2.24, 2.45) is 0 Å². The third kappa shape index (κ3) is 4.34. The highest BCUT2D eigenvalue weighted by Crippen LogP contribution is 2.36. The zero-order valence-corrected chi connectivity index (χ0v) is 17.2. The molecular weight excluding hydrogens is 441 g/mol. The van der Waals surface area contributed by atoms with Crippen LogP contribution in [-0.4, -0.2) is 37.4 Å². The van der Waals surface area contributed by atoms with Crippen LogP contribution < -0.4 is 10.8 Å². The fraction of sp³-hybridized carbons (Fsp3) is 0.316. The van der Waals surface area contributed by atoms with Crippen LogP contribution in [0.15, 0.2) is 63.2 Å². The molecule has 2 aromatic rings. The number of sulfone groups is 1. The Morgan fingerprint density at radius 1 is 1.00 bits per heavy atom. The molecule has 0 aliphatic carbocycles. The SMILES string of the molecule is O=C(NO)C1(S(=O)(=O)c2ccc(Sc3ccc(C(F)(F)F)cc3)cc2)CCNCC1. The third-order valence-electron chi connectivity index (χ3n) is 4.99. The molecule has 0 aromatic heterocycles. The van der Waals surface area contributed by atoms with Crippen LogP contribution in [-0.2, 0) is 20.8 Å². The van der Waals surface area contributed by atoms with E-state index >= 15 is 0 Å². The number of piperidine rings is 1. The number of nitrogens with one attached hydrogen (secondary N) is 2. The lowest BCUT2D eigenvalue weighted by Gasteiger charge is -2.34. The molecule has 1 aliphatic heterocycles. The van der Waals surface area contributed by atoms with E-state index in [1.807, 2.05) is 0 Å². The van der Waals surface area contributed by atoms with E-state index in [-0.39, 0.29) is 17.7 Å². The van der Waals surface area contributed by atoms with Gasteiger partial charge in [0.25, 0.3) is 5.91 Å². The van der Waals surface area contributed by atoms with Crippen molar-refractivity contribution in [3.63, 3.8) is 0 Å². The highest BCUT2D eigenvalue weighted by atomic mass is 32.2. The Kier molecular flexibility index (Phi) is 6.46. The number of rotatable bonds is 5. The second-order valence-electron chi connectivity index (χ2n) is 6.78. The summed E-state index contributed by atoms with van der Waals surface area (Å²) in [6, 6.07) is 10.4. The number of hydrogen-bond donors (Lipinski definition) is 3. The molecular formula is C19H19F3N2O4S2. The molecule has 1 saturated heterocycles. The third-order valence-corrected chi connectivity index (χ3v) is 8.52. The first-order valence-electron chi connectivity index (χ1n) is 8.95. The molecule has 3 rings (SSSR count). The molecule has 11 heteroatoms. The van der Waals surface area contributed by atoms with Gasteiger partial charge < -0.3 is 5.32 Å². The summed E-state index contributed by atoms with van der Waals surface area (Å²) in [5.41, 5.74) is 0.733. The van der Waals surface area contributed by atoms with Gasteiger partial charge in [0.15, 0.2) is 14.6 Å². The molecule has 0 radical (unpaired) electrons. The Labute approximate surface area is 175 Å². The molecule has 0 unspecified atom stereocenters. The van der Waals surface area contributed by atoms with Gasteiger partial charge in [0.05, 0.1) is 10.5 Å². The number of hydroxylamine groups is 1. The Balaban J connectivity index is 1.83. The maximum atomic E-state index is 13.2. The van der Waals surface area contributed by atoms with Crippen molar-refractivity contribution in [1.82, 2.24) is 10.8 Å². The van der Waals surface area contributed by atoms with E-state index in [0.717, 1.165) is 12.1 Å². The Morgan fingerprint density at radius 3 is 1.97 bits per heavy atom. The molecule has 0 bridgehead atoms. The van der Waals surface area contributed by atoms with Crippen LogP contribution in [0, 0.1) is 0 Å². The first-order chi connectivity index (χ1) is 14.1. The van der Waals surface area contributed by atoms with E-state index in [1.165, 1.54) is 53.6 Å². The van der Waals surface area contributed by atoms with Crippen molar-refractivity contribution in [2.45, 2.75) is 38.5 Å². The Bertz CT molecular complexity index is 1000. The Hall–Kier alpha value is -2.08. The predicted octanol–water partition coefficient (Wildman–Crippen LogP) is 3.26. The minimum Gasteiger partial charge on any atom is -0.317 e. The van der Waals surface area contributed by atoms with Crippen LogP contribution in [0.5, 0.6) is 0 Å². The van der Waals surface area contributed by atoms with Crippen LogP contribution in [0.3, 0.4) is 0 Å². The fourth-order valence-electron chi connectivity index (χ4n) is 3.31. The van der Waals surface area contributed by atoms with Crippen LogP contribution >= 0.6 is 11.8 Å². The number of carbonyl (C=O) groups excluding carboxylic acids is 1. The standard InChI is InChI=1S/C19H19F3N2O4S2/c20-19(21,22)13-1-3-14(4-2-13)29-15-5-7-16(8-6-15)30(27,28)18(17(25)24-26)9-11-23-12-10-18/h1-8,23,26H,9-12H2,(H,24,25). The molecule has 0 atom stereocenters. The van der Waals surface area contributed by atoms with E-state index in [9.17, 15) is 26.4 Å². The second-order valence-corrected chi connectivity index (χ2v) is 10.2. The maximum absolute atomic E-state index is 13.2. The van der Waals surface area contributed by atoms with E-state index in [1.54, 1.807) is 0 Å². The lowest BCUT2D eigenvalue weighted by Crippen LogP contribution is -2.57. The number of halogens is 3. The van der Waals surface area contributed by atoms with E-state index in [0.29, 0.717) is 22.9 Å². The van der Waals surface area contributed by atoms with Crippen molar-refractivity contribution < 1.29 is 31.6 Å². The summed E-state index contributed by atoms with van der Waals surface area (Å²) in [5.74, 6) is -0.966. The van der Waals surface area contributed by atoms with Crippen LogP contribution in [0.2, 0.25) is 0 Å². The molecule has 0 spiro atoms. The van der Waals surface area contributed by atoms with Gasteiger partial charge in [0.2, 0.25) is 0 Å². The average Bonchev–Trinajstić information content (AvgIpc) is 2.73. The highest BCUT2D eigenvalue weighted by Gasteiger charge is 2.51. The summed E-state index contributed by atoms with van der Waals surface area (Å²) in [4.78, 5) is 13.4. The molecule has 0 saturated carbocycles. The maximum Gasteiger partial charge on any atom is 0.416 e. The Morgan fingerprint density at radius 2 is 1.50 bits per heavy atom. The van der Waals surface area contributed by atoms with Gasteiger partial charge in [-0.1, -0.05) is 11.8 Å². The molecule has 30 heavy (non-hydrogen) atoms. The molecule has 162 valence electrons. The number of benzene rings is 2. The van der Waals surface area contributed by atoms with Crippen molar-refractivity contribution in [1.29, 1.82) is 0 Å². The molecule has 2 aromatic carbocycles. The van der Waals surface area contributed by atoms with Gasteiger partial charge in [-0.05, 0) is 74.5 Å². The molecule has 3 N–H and O–H groups in total. The van der Waals surface area contributed by atoms with Gasteiger partial charge in [-0.25, -0.2) is 13.9 Å². The summed E-state index contributed by atoms with van der Waals surface area (Å²) in [5, 5.41) is 12.1. The molecule has 1 heterocycles. The monoisotopic (exact) mass is 460 g/mol. The van der Waals surface area contributed by atoms with Crippen molar-refractivity contribution in [3.05, 3.63) is 54.1 Å². The zero-order valence-electron chi connectivity index (χ0n) is 15.6. The summed E-state index contributed by atoms with van der Waals surface area (Å²) < 4.78 is 62.6. The number of carbonyl (C=O) groups is 1. The predicted molar refractivity (Wildman–Crippen MR) is 104 cm³/mol. The molecule has 6 nitrogen and oxygen atoms in total. The van der Waals surface area contributed by atoms with Crippen LogP contribution in [0.1, 0.15) is 18.4 Å². The summed E-state index contributed by atoms with van der Waals surface area (Å²) in [6.07, 6.45) is -4.38. The second kappa shape index (κ2) is 8.58. The topological polar surface area (TPSA) is 95.5 Å². The summed E-state index contributed by atoms with van der Waals surface area (Å²) in [7, 11) is -4.09. The minimum atomic E-state index is -4.41. The first-order valence-corrected chi connectivity index (χ1v) is 11.3. The van der Waals surface area contributed by atoms with Gasteiger partial charge in [-0.3, -0.25) is 10.0 Å². The minimum absolute atomic E-state index is 0.0176. The van der Waals surface area contributed by atoms with Gasteiger partial charge in [-0.15, -0.1) is 0 Å². The number of alkyl halides is 3. The van der Waals surface area contributed by atoms with E-state index in [2.05, 4.69) is 5.32 Å². The molecule has 1 aliphatic rings. The summed E-state index contributed by atoms with van der Waals surface area (Å²) >= 11 is 1.18. The quantitative estimate of drug-likeness (QED) is 0.468. The smallest absolute Gasteiger partial charge is 0.317 e. The van der Waals surface area contributed by atoms with Crippen molar-refractivity contribution >= 4 is 27.5 Å². The van der Waals surface area contributed by atoms with Gasteiger partial charge in [-0.2, -0.15) is 13.2 Å². The first kappa shape index (κ1) is 22.6. The van der Waals surface area contributed by atoms with Crippen LogP contribution in [0.25, 0.3) is 0 Å². The van der Waals surface area contributed by atoms with Gasteiger partial charge in [0.1, 0.15) is 0 Å². The normalized spacial score (nSPS) is 16.8. The lowest BCUT2D eigenvalue weighted by atomic mass is 9.96. The summed E-state index contributed by atoms with van der Waals surface area (Å²) in [6.45, 7) is 0.628. The average molecular weight is 460 g/mol. The zero-order chi connectivity index (χ0) is 22.0. The van der Waals surface area contributed by atoms with Crippen molar-refractivity contribution in [2.75, 3.05) is 13.1 Å². The van der Waals surface area contributed by atoms with Gasteiger partial charge in [0, 0.05) is 9.79 Å². The van der Waals surface area contributed by atoms with Crippen LogP contribution in [0.4, 0.5) is 13.2 Å².